The normalized spacial score (nSPS) is 17.7. The molecule has 1 aliphatic heterocycles. The van der Waals surface area contributed by atoms with Gasteiger partial charge < -0.3 is 4.90 Å². The molecular formula is C15H14ClN3O. The Labute approximate surface area is 122 Å². The van der Waals surface area contributed by atoms with Gasteiger partial charge in [0.05, 0.1) is 12.4 Å². The van der Waals surface area contributed by atoms with Crippen molar-refractivity contribution in [1.82, 2.24) is 9.97 Å². The van der Waals surface area contributed by atoms with E-state index in [1.54, 1.807) is 4.90 Å². The highest BCUT2D eigenvalue weighted by Gasteiger charge is 2.29. The summed E-state index contributed by atoms with van der Waals surface area (Å²) in [7, 11) is 0. The summed E-state index contributed by atoms with van der Waals surface area (Å²) < 4.78 is 0. The third kappa shape index (κ3) is 2.27. The third-order valence-electron chi connectivity index (χ3n) is 3.57. The van der Waals surface area contributed by atoms with E-state index in [1.165, 1.54) is 18.0 Å². The maximum Gasteiger partial charge on any atom is 0.278 e. The van der Waals surface area contributed by atoms with Crippen molar-refractivity contribution in [2.75, 3.05) is 4.90 Å². The monoisotopic (exact) mass is 287 g/mol. The molecular weight excluding hydrogens is 274 g/mol. The first-order valence-electron chi connectivity index (χ1n) is 6.56. The van der Waals surface area contributed by atoms with Gasteiger partial charge in [0.2, 0.25) is 0 Å². The zero-order valence-corrected chi connectivity index (χ0v) is 11.8. The molecule has 102 valence electrons. The van der Waals surface area contributed by atoms with Gasteiger partial charge in [0.1, 0.15) is 10.8 Å². The largest absolute Gasteiger partial charge is 0.304 e. The predicted octanol–water partition coefficient (Wildman–Crippen LogP) is 3.11. The van der Waals surface area contributed by atoms with Crippen LogP contribution in [0.2, 0.25) is 5.15 Å². The second-order valence-corrected chi connectivity index (χ2v) is 5.31. The van der Waals surface area contributed by atoms with E-state index in [-0.39, 0.29) is 22.8 Å². The number of aromatic nitrogens is 2. The van der Waals surface area contributed by atoms with E-state index in [2.05, 4.69) is 16.0 Å². The average molecular weight is 288 g/mol. The van der Waals surface area contributed by atoms with Gasteiger partial charge in [-0.25, -0.2) is 4.98 Å². The molecule has 5 heteroatoms. The van der Waals surface area contributed by atoms with Gasteiger partial charge in [-0.2, -0.15) is 0 Å². The number of hydrogen-bond acceptors (Lipinski definition) is 3. The number of nitrogens with zero attached hydrogens (tertiary/aromatic N) is 3. The second-order valence-electron chi connectivity index (χ2n) is 4.92. The fourth-order valence-corrected chi connectivity index (χ4v) is 2.71. The van der Waals surface area contributed by atoms with Crippen molar-refractivity contribution in [3.63, 3.8) is 0 Å². The Kier molecular flexibility index (Phi) is 3.40. The van der Waals surface area contributed by atoms with Crippen molar-refractivity contribution in [1.29, 1.82) is 0 Å². The number of aryl methyl sites for hydroxylation is 1. The smallest absolute Gasteiger partial charge is 0.278 e. The summed E-state index contributed by atoms with van der Waals surface area (Å²) in [6.45, 7) is 2.05. The summed E-state index contributed by atoms with van der Waals surface area (Å²) in [5.41, 5.74) is 2.42. The van der Waals surface area contributed by atoms with Gasteiger partial charge in [0.15, 0.2) is 0 Å². The number of anilines is 1. The molecule has 20 heavy (non-hydrogen) atoms. The predicted molar refractivity (Wildman–Crippen MR) is 78.1 cm³/mol. The molecule has 0 saturated carbocycles. The highest BCUT2D eigenvalue weighted by Crippen LogP contribution is 2.31. The van der Waals surface area contributed by atoms with Gasteiger partial charge in [-0.1, -0.05) is 29.8 Å². The standard InChI is InChI=1S/C15H14ClN3O/c1-10-6-7-11-4-2-3-5-13(11)19(10)15(20)12-8-17-9-14(16)18-12/h2-5,8-10H,6-7H2,1H3. The lowest BCUT2D eigenvalue weighted by atomic mass is 9.96. The maximum atomic E-state index is 12.7. The quantitative estimate of drug-likeness (QED) is 0.809. The minimum absolute atomic E-state index is 0.137. The van der Waals surface area contributed by atoms with Crippen LogP contribution in [0, 0.1) is 0 Å². The lowest BCUT2D eigenvalue weighted by molar-refractivity contribution is 0.0970. The van der Waals surface area contributed by atoms with Crippen molar-refractivity contribution in [3.05, 3.63) is 53.1 Å². The number of benzene rings is 1. The van der Waals surface area contributed by atoms with E-state index in [9.17, 15) is 4.79 Å². The Bertz CT molecular complexity index is 659. The van der Waals surface area contributed by atoms with Crippen LogP contribution < -0.4 is 4.90 Å². The van der Waals surface area contributed by atoms with E-state index in [4.69, 9.17) is 11.6 Å². The molecule has 0 aliphatic carbocycles. The highest BCUT2D eigenvalue weighted by molar-refractivity contribution is 6.29. The third-order valence-corrected chi connectivity index (χ3v) is 3.75. The number of carbonyl (C=O) groups excluding carboxylic acids is 1. The number of carbonyl (C=O) groups is 1. The number of rotatable bonds is 1. The number of amides is 1. The molecule has 0 fully saturated rings. The minimum Gasteiger partial charge on any atom is -0.304 e. The van der Waals surface area contributed by atoms with Gasteiger partial charge in [-0.05, 0) is 31.4 Å². The molecule has 3 rings (SSSR count). The molecule has 0 N–H and O–H groups in total. The molecule has 0 spiro atoms. The van der Waals surface area contributed by atoms with Crippen molar-refractivity contribution in [3.8, 4) is 0 Å². The van der Waals surface area contributed by atoms with E-state index < -0.39 is 0 Å². The molecule has 1 aromatic carbocycles. The van der Waals surface area contributed by atoms with E-state index in [1.807, 2.05) is 25.1 Å². The Morgan fingerprint density at radius 3 is 2.95 bits per heavy atom. The Balaban J connectivity index is 2.03. The van der Waals surface area contributed by atoms with Gasteiger partial charge in [-0.15, -0.1) is 0 Å². The fraction of sp³-hybridized carbons (Fsp3) is 0.267. The minimum atomic E-state index is -0.153. The summed E-state index contributed by atoms with van der Waals surface area (Å²) in [6, 6.07) is 8.11. The van der Waals surface area contributed by atoms with Crippen LogP contribution >= 0.6 is 11.6 Å². The topological polar surface area (TPSA) is 46.1 Å². The lowest BCUT2D eigenvalue weighted by Gasteiger charge is -2.35. The van der Waals surface area contributed by atoms with Crippen LogP contribution in [0.1, 0.15) is 29.4 Å². The van der Waals surface area contributed by atoms with Crippen molar-refractivity contribution >= 4 is 23.2 Å². The van der Waals surface area contributed by atoms with Crippen LogP contribution in [0.4, 0.5) is 5.69 Å². The first-order valence-corrected chi connectivity index (χ1v) is 6.93. The van der Waals surface area contributed by atoms with E-state index in [0.717, 1.165) is 18.5 Å². The van der Waals surface area contributed by atoms with Gasteiger partial charge in [-0.3, -0.25) is 9.78 Å². The summed E-state index contributed by atoms with van der Waals surface area (Å²) >= 11 is 5.82. The molecule has 1 amide bonds. The lowest BCUT2D eigenvalue weighted by Crippen LogP contribution is -2.42. The molecule has 1 atom stereocenters. The number of halogens is 1. The first-order chi connectivity index (χ1) is 9.66. The zero-order valence-electron chi connectivity index (χ0n) is 11.1. The van der Waals surface area contributed by atoms with Crippen LogP contribution in [0.15, 0.2) is 36.7 Å². The molecule has 2 heterocycles. The van der Waals surface area contributed by atoms with Crippen LogP contribution in [0.5, 0.6) is 0 Å². The molecule has 1 unspecified atom stereocenters. The van der Waals surface area contributed by atoms with Gasteiger partial charge in [0.25, 0.3) is 5.91 Å². The molecule has 0 bridgehead atoms. The van der Waals surface area contributed by atoms with Crippen LogP contribution in [0.25, 0.3) is 0 Å². The van der Waals surface area contributed by atoms with E-state index in [0.29, 0.717) is 0 Å². The van der Waals surface area contributed by atoms with Crippen molar-refractivity contribution < 1.29 is 4.79 Å². The summed E-state index contributed by atoms with van der Waals surface area (Å²) in [5, 5.41) is 0.230. The zero-order chi connectivity index (χ0) is 14.1. The molecule has 4 nitrogen and oxygen atoms in total. The van der Waals surface area contributed by atoms with Gasteiger partial charge in [0, 0.05) is 11.7 Å². The van der Waals surface area contributed by atoms with Crippen molar-refractivity contribution in [2.45, 2.75) is 25.8 Å². The summed E-state index contributed by atoms with van der Waals surface area (Å²) in [4.78, 5) is 22.5. The van der Waals surface area contributed by atoms with Crippen LogP contribution in [-0.4, -0.2) is 21.9 Å². The SMILES string of the molecule is CC1CCc2ccccc2N1C(=O)c1cncc(Cl)n1. The molecule has 0 radical (unpaired) electrons. The summed E-state index contributed by atoms with van der Waals surface area (Å²) in [6.07, 6.45) is 4.81. The Morgan fingerprint density at radius 2 is 2.15 bits per heavy atom. The first kappa shape index (κ1) is 13.1. The molecule has 1 aliphatic rings. The number of para-hydroxylation sites is 1. The Hall–Kier alpha value is -1.94. The Morgan fingerprint density at radius 1 is 1.35 bits per heavy atom. The second kappa shape index (κ2) is 5.21. The van der Waals surface area contributed by atoms with Crippen molar-refractivity contribution in [2.24, 2.45) is 0 Å². The molecule has 0 saturated heterocycles. The molecule has 1 aromatic heterocycles. The summed E-state index contributed by atoms with van der Waals surface area (Å²) in [5.74, 6) is -0.153. The average Bonchev–Trinajstić information content (AvgIpc) is 2.46. The molecule has 2 aromatic rings. The highest BCUT2D eigenvalue weighted by atomic mass is 35.5. The fourth-order valence-electron chi connectivity index (χ4n) is 2.57. The van der Waals surface area contributed by atoms with Crippen LogP contribution in [-0.2, 0) is 6.42 Å². The van der Waals surface area contributed by atoms with Gasteiger partial charge >= 0.3 is 0 Å². The maximum absolute atomic E-state index is 12.7. The number of fused-ring (bicyclic) bond motifs is 1. The van der Waals surface area contributed by atoms with Crippen LogP contribution in [0.3, 0.4) is 0 Å². The number of hydrogen-bond donors (Lipinski definition) is 0. The van der Waals surface area contributed by atoms with E-state index >= 15 is 0 Å².